The lowest BCUT2D eigenvalue weighted by molar-refractivity contribution is 0.0988. The highest BCUT2D eigenvalue weighted by atomic mass is 32.2. The number of carbonyl (C=O) groups excluding carboxylic acids is 1. The first kappa shape index (κ1) is 16.3. The summed E-state index contributed by atoms with van der Waals surface area (Å²) in [5, 5.41) is 11.8. The number of benzene rings is 1. The Bertz CT molecular complexity index is 944. The van der Waals surface area contributed by atoms with Crippen LogP contribution < -0.4 is 0 Å². The molecule has 6 heteroatoms. The van der Waals surface area contributed by atoms with Crippen molar-refractivity contribution in [2.75, 3.05) is 0 Å². The summed E-state index contributed by atoms with van der Waals surface area (Å²) in [5.41, 5.74) is 2.07. The number of aromatic nitrogens is 3. The van der Waals surface area contributed by atoms with E-state index >= 15 is 0 Å². The summed E-state index contributed by atoms with van der Waals surface area (Å²) < 4.78 is 2.26. The lowest BCUT2D eigenvalue weighted by Crippen LogP contribution is -2.17. The minimum Gasteiger partial charge on any atom is -0.298 e. The van der Waals surface area contributed by atoms with Gasteiger partial charge < -0.3 is 0 Å². The Labute approximate surface area is 160 Å². The zero-order valence-corrected chi connectivity index (χ0v) is 15.9. The largest absolute Gasteiger partial charge is 0.298 e. The van der Waals surface area contributed by atoms with E-state index in [0.717, 1.165) is 40.7 Å². The Morgan fingerprint density at radius 1 is 1.08 bits per heavy atom. The van der Waals surface area contributed by atoms with E-state index in [1.807, 2.05) is 24.3 Å². The number of fused-ring (bicyclic) bond motifs is 1. The van der Waals surface area contributed by atoms with Gasteiger partial charge >= 0.3 is 0 Å². The van der Waals surface area contributed by atoms with Crippen molar-refractivity contribution in [2.24, 2.45) is 0 Å². The average Bonchev–Trinajstić information content (AvgIpc) is 3.23. The molecule has 1 aromatic carbocycles. The lowest BCUT2D eigenvalue weighted by Gasteiger charge is -2.14. The smallest absolute Gasteiger partial charge is 0.192 e. The van der Waals surface area contributed by atoms with Crippen molar-refractivity contribution >= 4 is 28.9 Å². The number of nitrogens with zero attached hydrogens (tertiary/aromatic N) is 3. The highest BCUT2D eigenvalue weighted by molar-refractivity contribution is 8.00. The van der Waals surface area contributed by atoms with Gasteiger partial charge in [0.2, 0.25) is 0 Å². The third-order valence-electron chi connectivity index (χ3n) is 5.05. The van der Waals surface area contributed by atoms with E-state index in [0.29, 0.717) is 6.04 Å². The van der Waals surface area contributed by atoms with Crippen LogP contribution in [0.25, 0.3) is 10.7 Å². The van der Waals surface area contributed by atoms with Gasteiger partial charge in [-0.05, 0) is 49.1 Å². The summed E-state index contributed by atoms with van der Waals surface area (Å²) in [7, 11) is 0. The van der Waals surface area contributed by atoms with E-state index in [9.17, 15) is 4.79 Å². The number of thioether (sulfide) groups is 1. The zero-order chi connectivity index (χ0) is 17.5. The van der Waals surface area contributed by atoms with E-state index < -0.39 is 0 Å². The Balaban J connectivity index is 1.47. The summed E-state index contributed by atoms with van der Waals surface area (Å²) in [6, 6.07) is 12.7. The molecule has 2 aliphatic rings. The molecule has 2 aliphatic carbocycles. The molecule has 1 atom stereocenters. The van der Waals surface area contributed by atoms with Crippen molar-refractivity contribution in [3.8, 4) is 10.7 Å². The molecule has 3 aromatic rings. The van der Waals surface area contributed by atoms with E-state index in [1.165, 1.54) is 18.4 Å². The quantitative estimate of drug-likeness (QED) is 0.595. The minimum absolute atomic E-state index is 0.0727. The molecule has 0 amide bonds. The van der Waals surface area contributed by atoms with Crippen molar-refractivity contribution in [3.63, 3.8) is 0 Å². The summed E-state index contributed by atoms with van der Waals surface area (Å²) in [4.78, 5) is 14.2. The van der Waals surface area contributed by atoms with Crippen LogP contribution in [0, 0.1) is 0 Å². The fourth-order valence-corrected chi connectivity index (χ4v) is 5.51. The van der Waals surface area contributed by atoms with Gasteiger partial charge in [0.1, 0.15) is 0 Å². The number of Topliss-reactive ketones (excluding diaryl/α,β-unsaturated/α-hetero) is 1. The predicted octanol–water partition coefficient (Wildman–Crippen LogP) is 5.02. The summed E-state index contributed by atoms with van der Waals surface area (Å²) in [6.07, 6.45) is 5.26. The maximum Gasteiger partial charge on any atom is 0.192 e. The molecule has 2 aromatic heterocycles. The number of aryl methyl sites for hydroxylation is 1. The van der Waals surface area contributed by atoms with Gasteiger partial charge in [-0.15, -0.1) is 21.5 Å². The van der Waals surface area contributed by atoms with Crippen molar-refractivity contribution in [2.45, 2.75) is 48.6 Å². The second-order valence-electron chi connectivity index (χ2n) is 6.90. The number of hydrogen-bond acceptors (Lipinski definition) is 5. The van der Waals surface area contributed by atoms with Crippen molar-refractivity contribution in [1.82, 2.24) is 14.8 Å². The summed E-state index contributed by atoms with van der Waals surface area (Å²) >= 11 is 3.30. The number of carbonyl (C=O) groups is 1. The highest BCUT2D eigenvalue weighted by Gasteiger charge is 2.33. The van der Waals surface area contributed by atoms with E-state index in [1.54, 1.807) is 23.1 Å². The maximum absolute atomic E-state index is 13.1. The summed E-state index contributed by atoms with van der Waals surface area (Å²) in [6.45, 7) is 0. The van der Waals surface area contributed by atoms with Crippen LogP contribution in [0.15, 0.2) is 46.9 Å². The van der Waals surface area contributed by atoms with E-state index in [-0.39, 0.29) is 11.0 Å². The molecule has 1 unspecified atom stereocenters. The van der Waals surface area contributed by atoms with Gasteiger partial charge in [0.05, 0.1) is 10.1 Å². The monoisotopic (exact) mass is 381 g/mol. The van der Waals surface area contributed by atoms with Gasteiger partial charge in [0, 0.05) is 11.6 Å². The lowest BCUT2D eigenvalue weighted by atomic mass is 10.0. The van der Waals surface area contributed by atoms with Gasteiger partial charge in [-0.3, -0.25) is 9.36 Å². The maximum atomic E-state index is 13.1. The molecule has 1 fully saturated rings. The van der Waals surface area contributed by atoms with Crippen LogP contribution in [0.4, 0.5) is 0 Å². The first-order valence-corrected chi connectivity index (χ1v) is 10.8. The van der Waals surface area contributed by atoms with Gasteiger partial charge in [0.15, 0.2) is 16.8 Å². The highest BCUT2D eigenvalue weighted by Crippen LogP contribution is 2.43. The van der Waals surface area contributed by atoms with Crippen LogP contribution in [0.2, 0.25) is 0 Å². The van der Waals surface area contributed by atoms with Crippen molar-refractivity contribution in [3.05, 3.63) is 52.9 Å². The fourth-order valence-electron chi connectivity index (χ4n) is 3.59. The molecule has 0 N–H and O–H groups in total. The number of hydrogen-bond donors (Lipinski definition) is 0. The second-order valence-corrected chi connectivity index (χ2v) is 9.02. The van der Waals surface area contributed by atoms with Crippen molar-refractivity contribution < 1.29 is 4.79 Å². The minimum atomic E-state index is -0.0727. The molecule has 26 heavy (non-hydrogen) atoms. The first-order chi connectivity index (χ1) is 12.8. The Hall–Kier alpha value is -1.92. The molecular weight excluding hydrogens is 362 g/mol. The van der Waals surface area contributed by atoms with Crippen molar-refractivity contribution in [1.29, 1.82) is 0 Å². The number of thiophene rings is 1. The van der Waals surface area contributed by atoms with E-state index in [4.69, 9.17) is 0 Å². The van der Waals surface area contributed by atoms with Gasteiger partial charge in [-0.25, -0.2) is 0 Å². The first-order valence-electron chi connectivity index (χ1n) is 9.09. The fraction of sp³-hybridized carbons (Fsp3) is 0.350. The van der Waals surface area contributed by atoms with Gasteiger partial charge in [-0.1, -0.05) is 42.1 Å². The molecule has 1 saturated carbocycles. The summed E-state index contributed by atoms with van der Waals surface area (Å²) in [5.74, 6) is 1.19. The van der Waals surface area contributed by atoms with Crippen LogP contribution in [-0.2, 0) is 6.42 Å². The Kier molecular flexibility index (Phi) is 4.17. The van der Waals surface area contributed by atoms with Crippen LogP contribution in [0.1, 0.15) is 47.6 Å². The van der Waals surface area contributed by atoms with E-state index in [2.05, 4.69) is 32.3 Å². The molecule has 4 nitrogen and oxygen atoms in total. The van der Waals surface area contributed by atoms with Crippen LogP contribution in [0.5, 0.6) is 0 Å². The SMILES string of the molecule is O=C1c2ccccc2CCCC1Sc1nnc(-c2cccs2)n1C1CC1. The molecule has 0 aliphatic heterocycles. The molecule has 0 radical (unpaired) electrons. The van der Waals surface area contributed by atoms with Gasteiger partial charge in [-0.2, -0.15) is 0 Å². The topological polar surface area (TPSA) is 47.8 Å². The standard InChI is InChI=1S/C20H19N3OS2/c24-18-15-7-2-1-5-13(15)6-3-8-16(18)26-20-22-21-19(17-9-4-12-25-17)23(20)14-10-11-14/h1-2,4-5,7,9,12,14,16H,3,6,8,10-11H2. The number of rotatable bonds is 4. The molecule has 0 spiro atoms. The molecule has 0 saturated heterocycles. The molecule has 0 bridgehead atoms. The number of ketones is 1. The average molecular weight is 382 g/mol. The van der Waals surface area contributed by atoms with Crippen LogP contribution in [-0.4, -0.2) is 25.8 Å². The molecule has 132 valence electrons. The third-order valence-corrected chi connectivity index (χ3v) is 7.14. The molecule has 2 heterocycles. The second kappa shape index (κ2) is 6.67. The molecule has 5 rings (SSSR count). The molecular formula is C20H19N3OS2. The predicted molar refractivity (Wildman–Crippen MR) is 105 cm³/mol. The third kappa shape index (κ3) is 2.91. The van der Waals surface area contributed by atoms with Crippen LogP contribution >= 0.6 is 23.1 Å². The zero-order valence-electron chi connectivity index (χ0n) is 14.3. The van der Waals surface area contributed by atoms with Crippen LogP contribution in [0.3, 0.4) is 0 Å². The van der Waals surface area contributed by atoms with Gasteiger partial charge in [0.25, 0.3) is 0 Å². The Morgan fingerprint density at radius 3 is 2.77 bits per heavy atom. The Morgan fingerprint density at radius 2 is 1.96 bits per heavy atom. The normalized spacial score (nSPS) is 20.0.